The van der Waals surface area contributed by atoms with Gasteiger partial charge in [0, 0.05) is 5.69 Å². The fraction of sp³-hybridized carbons (Fsp3) is 0.188. The molecule has 0 aliphatic carbocycles. The molecule has 21 heavy (non-hydrogen) atoms. The third-order valence-electron chi connectivity index (χ3n) is 3.13. The molecule has 0 heterocycles. The average Bonchev–Trinajstić information content (AvgIpc) is 2.46. The molecule has 2 aromatic rings. The molecule has 1 atom stereocenters. The first kappa shape index (κ1) is 14.9. The number of aryl methyl sites for hydroxylation is 1. The summed E-state index contributed by atoms with van der Waals surface area (Å²) in [5, 5.41) is 11.4. The molecule has 0 spiro atoms. The molecule has 0 aliphatic heterocycles. The summed E-state index contributed by atoms with van der Waals surface area (Å²) in [7, 11) is 0. The minimum Gasteiger partial charge on any atom is -0.370 e. The molecule has 1 N–H and O–H groups in total. The van der Waals surface area contributed by atoms with Gasteiger partial charge in [-0.2, -0.15) is 18.4 Å². The highest BCUT2D eigenvalue weighted by Crippen LogP contribution is 2.36. The van der Waals surface area contributed by atoms with Crippen molar-refractivity contribution < 1.29 is 13.2 Å². The van der Waals surface area contributed by atoms with E-state index < -0.39 is 12.2 Å². The predicted octanol–water partition coefficient (Wildman–Crippen LogP) is 4.58. The van der Waals surface area contributed by atoms with Gasteiger partial charge >= 0.3 is 6.18 Å². The van der Waals surface area contributed by atoms with Gasteiger partial charge in [-0.05, 0) is 30.2 Å². The summed E-state index contributed by atoms with van der Waals surface area (Å²) < 4.78 is 39.8. The maximum atomic E-state index is 13.3. The van der Waals surface area contributed by atoms with E-state index >= 15 is 0 Å². The predicted molar refractivity (Wildman–Crippen MR) is 74.8 cm³/mol. The van der Waals surface area contributed by atoms with Gasteiger partial charge in [0.1, 0.15) is 6.04 Å². The molecular formula is C16H13F3N2. The second kappa shape index (κ2) is 5.88. The van der Waals surface area contributed by atoms with Crippen molar-refractivity contribution >= 4 is 5.69 Å². The van der Waals surface area contributed by atoms with Crippen molar-refractivity contribution in [3.05, 3.63) is 65.2 Å². The van der Waals surface area contributed by atoms with Gasteiger partial charge in [-0.25, -0.2) is 0 Å². The zero-order valence-electron chi connectivity index (χ0n) is 11.3. The van der Waals surface area contributed by atoms with E-state index in [-0.39, 0.29) is 5.56 Å². The Morgan fingerprint density at radius 2 is 1.76 bits per heavy atom. The van der Waals surface area contributed by atoms with Crippen LogP contribution in [0.4, 0.5) is 18.9 Å². The van der Waals surface area contributed by atoms with E-state index in [2.05, 4.69) is 5.32 Å². The maximum absolute atomic E-state index is 13.3. The van der Waals surface area contributed by atoms with Crippen molar-refractivity contribution in [2.24, 2.45) is 0 Å². The minimum absolute atomic E-state index is 0.131. The molecule has 0 saturated heterocycles. The lowest BCUT2D eigenvalue weighted by atomic mass is 10.0. The molecular weight excluding hydrogens is 277 g/mol. The molecule has 0 radical (unpaired) electrons. The Bertz CT molecular complexity index is 657. The van der Waals surface area contributed by atoms with E-state index in [0.29, 0.717) is 16.8 Å². The molecule has 108 valence electrons. The number of hydrogen-bond acceptors (Lipinski definition) is 2. The van der Waals surface area contributed by atoms with E-state index in [1.165, 1.54) is 18.2 Å². The fourth-order valence-corrected chi connectivity index (χ4v) is 2.00. The summed E-state index contributed by atoms with van der Waals surface area (Å²) in [6.45, 7) is 1.70. The van der Waals surface area contributed by atoms with Crippen LogP contribution < -0.4 is 5.32 Å². The van der Waals surface area contributed by atoms with Crippen molar-refractivity contribution in [3.63, 3.8) is 0 Å². The zero-order valence-corrected chi connectivity index (χ0v) is 11.3. The topological polar surface area (TPSA) is 35.8 Å². The van der Waals surface area contributed by atoms with Crippen molar-refractivity contribution in [3.8, 4) is 6.07 Å². The Balaban J connectivity index is 2.39. The Morgan fingerprint density at radius 1 is 1.10 bits per heavy atom. The summed E-state index contributed by atoms with van der Waals surface area (Å²) in [4.78, 5) is 0. The summed E-state index contributed by atoms with van der Waals surface area (Å²) in [6, 6.07) is 12.4. The molecule has 0 aliphatic rings. The Hall–Kier alpha value is -2.48. The molecule has 2 rings (SSSR count). The second-order valence-corrected chi connectivity index (χ2v) is 4.67. The highest BCUT2D eigenvalue weighted by atomic mass is 19.4. The van der Waals surface area contributed by atoms with Crippen molar-refractivity contribution in [2.75, 3.05) is 5.32 Å². The number of benzene rings is 2. The van der Waals surface area contributed by atoms with Gasteiger partial charge in [-0.15, -0.1) is 0 Å². The third-order valence-corrected chi connectivity index (χ3v) is 3.13. The lowest BCUT2D eigenvalue weighted by Gasteiger charge is -2.24. The summed E-state index contributed by atoms with van der Waals surface area (Å²) in [5.41, 5.74) is 1.41. The van der Waals surface area contributed by atoms with Crippen LogP contribution in [0.15, 0.2) is 48.5 Å². The van der Waals surface area contributed by atoms with Crippen molar-refractivity contribution in [1.29, 1.82) is 5.26 Å². The van der Waals surface area contributed by atoms with E-state index in [4.69, 9.17) is 5.26 Å². The quantitative estimate of drug-likeness (QED) is 0.898. The molecule has 0 saturated carbocycles. The van der Waals surface area contributed by atoms with Crippen LogP contribution >= 0.6 is 0 Å². The normalized spacial score (nSPS) is 12.5. The molecule has 0 bridgehead atoms. The molecule has 0 fully saturated rings. The Labute approximate surface area is 120 Å². The van der Waals surface area contributed by atoms with Gasteiger partial charge < -0.3 is 5.32 Å². The molecule has 0 amide bonds. The lowest BCUT2D eigenvalue weighted by molar-refractivity contribution is -0.144. The SMILES string of the molecule is Cc1ccc(C#N)cc1NC(c1ccccc1)C(F)(F)F. The highest BCUT2D eigenvalue weighted by molar-refractivity contribution is 5.56. The Kier molecular flexibility index (Phi) is 4.18. The van der Waals surface area contributed by atoms with Crippen LogP contribution in [0.1, 0.15) is 22.7 Å². The summed E-state index contributed by atoms with van der Waals surface area (Å²) >= 11 is 0. The molecule has 5 heteroatoms. The van der Waals surface area contributed by atoms with Crippen LogP contribution in [0.25, 0.3) is 0 Å². The smallest absolute Gasteiger partial charge is 0.370 e. The number of alkyl halides is 3. The second-order valence-electron chi connectivity index (χ2n) is 4.67. The monoisotopic (exact) mass is 290 g/mol. The van der Waals surface area contributed by atoms with Crippen LogP contribution in [0.5, 0.6) is 0 Å². The number of nitrogens with zero attached hydrogens (tertiary/aromatic N) is 1. The zero-order chi connectivity index (χ0) is 15.5. The molecule has 1 unspecified atom stereocenters. The Morgan fingerprint density at radius 3 is 2.33 bits per heavy atom. The highest BCUT2D eigenvalue weighted by Gasteiger charge is 2.40. The van der Waals surface area contributed by atoms with Crippen LogP contribution in [0.3, 0.4) is 0 Å². The largest absolute Gasteiger partial charge is 0.412 e. The summed E-state index contributed by atoms with van der Waals surface area (Å²) in [5.74, 6) is 0. The van der Waals surface area contributed by atoms with Gasteiger partial charge in [-0.1, -0.05) is 36.4 Å². The van der Waals surface area contributed by atoms with E-state index in [9.17, 15) is 13.2 Å². The number of anilines is 1. The van der Waals surface area contributed by atoms with Crippen molar-refractivity contribution in [1.82, 2.24) is 0 Å². The van der Waals surface area contributed by atoms with E-state index in [1.54, 1.807) is 37.3 Å². The van der Waals surface area contributed by atoms with E-state index in [1.807, 2.05) is 6.07 Å². The van der Waals surface area contributed by atoms with Crippen LogP contribution in [0.2, 0.25) is 0 Å². The first-order valence-corrected chi connectivity index (χ1v) is 6.31. The first-order chi connectivity index (χ1) is 9.91. The van der Waals surface area contributed by atoms with Gasteiger partial charge in [-0.3, -0.25) is 0 Å². The molecule has 0 aromatic heterocycles. The van der Waals surface area contributed by atoms with Crippen LogP contribution in [-0.4, -0.2) is 6.18 Å². The first-order valence-electron chi connectivity index (χ1n) is 6.31. The average molecular weight is 290 g/mol. The lowest BCUT2D eigenvalue weighted by Crippen LogP contribution is -2.28. The summed E-state index contributed by atoms with van der Waals surface area (Å²) in [6.07, 6.45) is -4.43. The number of rotatable bonds is 3. The van der Waals surface area contributed by atoms with Crippen LogP contribution in [0, 0.1) is 18.3 Å². The van der Waals surface area contributed by atoms with Gasteiger partial charge in [0.05, 0.1) is 11.6 Å². The number of halogens is 3. The minimum atomic E-state index is -4.43. The maximum Gasteiger partial charge on any atom is 0.412 e. The fourth-order valence-electron chi connectivity index (χ4n) is 2.00. The van der Waals surface area contributed by atoms with Gasteiger partial charge in [0.25, 0.3) is 0 Å². The van der Waals surface area contributed by atoms with Gasteiger partial charge in [0.2, 0.25) is 0 Å². The number of nitriles is 1. The number of nitrogens with one attached hydrogen (secondary N) is 1. The third kappa shape index (κ3) is 3.54. The standard InChI is InChI=1S/C16H13F3N2/c1-11-7-8-12(10-20)9-14(11)21-15(16(17,18)19)13-5-3-2-4-6-13/h2-9,15,21H,1H3. The molecule has 2 aromatic carbocycles. The van der Waals surface area contributed by atoms with Crippen molar-refractivity contribution in [2.45, 2.75) is 19.1 Å². The molecule has 2 nitrogen and oxygen atoms in total. The van der Waals surface area contributed by atoms with Gasteiger partial charge in [0.15, 0.2) is 0 Å². The number of hydrogen-bond donors (Lipinski definition) is 1. The van der Waals surface area contributed by atoms with Crippen LogP contribution in [-0.2, 0) is 0 Å². The van der Waals surface area contributed by atoms with E-state index in [0.717, 1.165) is 0 Å².